The van der Waals surface area contributed by atoms with Gasteiger partial charge in [-0.2, -0.15) is 5.26 Å². The zero-order chi connectivity index (χ0) is 14.1. The number of hydrogen-bond donors (Lipinski definition) is 2. The van der Waals surface area contributed by atoms with E-state index in [0.717, 1.165) is 0 Å². The van der Waals surface area contributed by atoms with Crippen molar-refractivity contribution in [2.24, 2.45) is 5.14 Å². The number of nitrogens with zero attached hydrogens (tertiary/aromatic N) is 2. The molecule has 1 aromatic heterocycles. The van der Waals surface area contributed by atoms with Crippen LogP contribution >= 0.6 is 0 Å². The maximum Gasteiger partial charge on any atom is 0.574 e. The summed E-state index contributed by atoms with van der Waals surface area (Å²) in [4.78, 5) is 1.88. The van der Waals surface area contributed by atoms with Gasteiger partial charge in [-0.3, -0.25) is 0 Å². The van der Waals surface area contributed by atoms with Crippen LogP contribution in [0.4, 0.5) is 18.9 Å². The van der Waals surface area contributed by atoms with Gasteiger partial charge < -0.3 is 10.5 Å². The summed E-state index contributed by atoms with van der Waals surface area (Å²) in [5.74, 6) is -1.33. The Labute approximate surface area is 98.8 Å². The molecular formula is C7H5F3N4O3S. The first kappa shape index (κ1) is 14.0. The Kier molecular flexibility index (Phi) is 3.36. The van der Waals surface area contributed by atoms with Crippen LogP contribution in [0.5, 0.6) is 5.88 Å². The molecule has 0 unspecified atom stereocenters. The number of primary sulfonamides is 1. The minimum absolute atomic E-state index is 0.437. The van der Waals surface area contributed by atoms with E-state index < -0.39 is 38.4 Å². The number of alkyl halides is 3. The van der Waals surface area contributed by atoms with Crippen molar-refractivity contribution in [2.45, 2.75) is 11.3 Å². The third-order valence-corrected chi connectivity index (χ3v) is 2.62. The molecule has 0 aliphatic rings. The summed E-state index contributed by atoms with van der Waals surface area (Å²) in [6, 6.07) is 1.45. The molecule has 1 heterocycles. The second-order valence-corrected chi connectivity index (χ2v) is 4.42. The van der Waals surface area contributed by atoms with Gasteiger partial charge in [0.25, 0.3) is 0 Å². The van der Waals surface area contributed by atoms with Crippen LogP contribution in [0, 0.1) is 11.3 Å². The molecule has 4 N–H and O–H groups in total. The minimum Gasteiger partial charge on any atom is -0.396 e. The van der Waals surface area contributed by atoms with Crippen LogP contribution in [0.25, 0.3) is 0 Å². The van der Waals surface area contributed by atoms with Crippen molar-refractivity contribution in [1.29, 1.82) is 5.26 Å². The molecule has 1 rings (SSSR count). The van der Waals surface area contributed by atoms with Gasteiger partial charge in [-0.05, 0) is 0 Å². The molecule has 0 aliphatic carbocycles. The second kappa shape index (κ2) is 4.31. The molecule has 0 saturated carbocycles. The largest absolute Gasteiger partial charge is 0.574 e. The van der Waals surface area contributed by atoms with Crippen molar-refractivity contribution in [3.63, 3.8) is 0 Å². The van der Waals surface area contributed by atoms with Crippen LogP contribution in [0.1, 0.15) is 5.56 Å². The minimum atomic E-state index is -5.17. The van der Waals surface area contributed by atoms with E-state index >= 15 is 0 Å². The molecule has 18 heavy (non-hydrogen) atoms. The molecule has 0 aromatic carbocycles. The molecule has 0 bridgehead atoms. The lowest BCUT2D eigenvalue weighted by Crippen LogP contribution is -2.23. The third kappa shape index (κ3) is 2.99. The number of pyridine rings is 1. The lowest BCUT2D eigenvalue weighted by molar-refractivity contribution is -0.277. The summed E-state index contributed by atoms with van der Waals surface area (Å²) >= 11 is 0. The van der Waals surface area contributed by atoms with Gasteiger partial charge in [0.05, 0.1) is 17.4 Å². The van der Waals surface area contributed by atoms with Crippen LogP contribution in [0.2, 0.25) is 0 Å². The van der Waals surface area contributed by atoms with Gasteiger partial charge in [-0.15, -0.1) is 13.2 Å². The topological polar surface area (TPSA) is 132 Å². The molecule has 0 aliphatic heterocycles. The number of halogens is 3. The SMILES string of the molecule is N#Cc1cnc(OC(F)(F)F)c(S(N)(=O)=O)c1N. The molecule has 7 nitrogen and oxygen atoms in total. The summed E-state index contributed by atoms with van der Waals surface area (Å²) in [5, 5.41) is 13.3. The molecule has 1 aromatic rings. The number of hydrogen-bond acceptors (Lipinski definition) is 6. The molecule has 11 heteroatoms. The van der Waals surface area contributed by atoms with E-state index in [1.807, 2.05) is 0 Å². The highest BCUT2D eigenvalue weighted by molar-refractivity contribution is 7.89. The average Bonchev–Trinajstić information content (AvgIpc) is 2.13. The number of anilines is 1. The zero-order valence-electron chi connectivity index (χ0n) is 8.39. The fourth-order valence-corrected chi connectivity index (χ4v) is 1.79. The number of rotatable bonds is 2. The van der Waals surface area contributed by atoms with Crippen molar-refractivity contribution < 1.29 is 26.3 Å². The Bertz CT molecular complexity index is 620. The second-order valence-electron chi connectivity index (χ2n) is 2.92. The molecule has 0 amide bonds. The van der Waals surface area contributed by atoms with Gasteiger partial charge in [0, 0.05) is 0 Å². The van der Waals surface area contributed by atoms with E-state index in [2.05, 4.69) is 9.72 Å². The third-order valence-electron chi connectivity index (χ3n) is 1.66. The van der Waals surface area contributed by atoms with Gasteiger partial charge >= 0.3 is 6.36 Å². The lowest BCUT2D eigenvalue weighted by atomic mass is 10.2. The van der Waals surface area contributed by atoms with Gasteiger partial charge in [0.15, 0.2) is 4.90 Å². The maximum absolute atomic E-state index is 12.0. The Morgan fingerprint density at radius 3 is 2.39 bits per heavy atom. The van der Waals surface area contributed by atoms with Gasteiger partial charge in [-0.1, -0.05) is 0 Å². The molecular weight excluding hydrogens is 277 g/mol. The number of nitriles is 1. The maximum atomic E-state index is 12.0. The van der Waals surface area contributed by atoms with E-state index in [1.165, 1.54) is 6.07 Å². The highest BCUT2D eigenvalue weighted by atomic mass is 32.2. The first-order valence-corrected chi connectivity index (χ1v) is 5.58. The average molecular weight is 282 g/mol. The summed E-state index contributed by atoms with van der Waals surface area (Å²) in [5.41, 5.74) is 4.04. The first-order valence-electron chi connectivity index (χ1n) is 4.03. The summed E-state index contributed by atoms with van der Waals surface area (Å²) < 4.78 is 61.7. The fraction of sp³-hybridized carbons (Fsp3) is 0.143. The fourth-order valence-electron chi connectivity index (χ4n) is 1.04. The zero-order valence-corrected chi connectivity index (χ0v) is 9.21. The molecule has 0 fully saturated rings. The van der Waals surface area contributed by atoms with Crippen LogP contribution < -0.4 is 15.6 Å². The van der Waals surface area contributed by atoms with Gasteiger partial charge in [-0.25, -0.2) is 18.5 Å². The number of nitrogens with two attached hydrogens (primary N) is 2. The Morgan fingerprint density at radius 2 is 2.00 bits per heavy atom. The van der Waals surface area contributed by atoms with E-state index in [4.69, 9.17) is 16.1 Å². The van der Waals surface area contributed by atoms with Gasteiger partial charge in [0.1, 0.15) is 6.07 Å². The van der Waals surface area contributed by atoms with Crippen molar-refractivity contribution in [3.05, 3.63) is 11.8 Å². The predicted molar refractivity (Wildman–Crippen MR) is 51.4 cm³/mol. The van der Waals surface area contributed by atoms with Crippen molar-refractivity contribution in [3.8, 4) is 11.9 Å². The predicted octanol–water partition coefficient (Wildman–Crippen LogP) is 0.0815. The number of ether oxygens (including phenoxy) is 1. The summed E-state index contributed by atoms with van der Waals surface area (Å²) in [7, 11) is -4.63. The van der Waals surface area contributed by atoms with Crippen LogP contribution in [-0.4, -0.2) is 19.8 Å². The number of aromatic nitrogens is 1. The summed E-state index contributed by atoms with van der Waals surface area (Å²) in [6.07, 6.45) is -4.53. The van der Waals surface area contributed by atoms with Crippen LogP contribution in [-0.2, 0) is 10.0 Å². The van der Waals surface area contributed by atoms with Crippen LogP contribution in [0.15, 0.2) is 11.1 Å². The molecule has 0 radical (unpaired) electrons. The highest BCUT2D eigenvalue weighted by Gasteiger charge is 2.35. The Balaban J connectivity index is 3.56. The van der Waals surface area contributed by atoms with Crippen molar-refractivity contribution >= 4 is 15.7 Å². The normalized spacial score (nSPS) is 11.9. The number of nitrogen functional groups attached to an aromatic ring is 1. The molecule has 0 saturated heterocycles. The van der Waals surface area contributed by atoms with Crippen molar-refractivity contribution in [1.82, 2.24) is 4.98 Å². The number of sulfonamides is 1. The van der Waals surface area contributed by atoms with Crippen molar-refractivity contribution in [2.75, 3.05) is 5.73 Å². The van der Waals surface area contributed by atoms with Crippen LogP contribution in [0.3, 0.4) is 0 Å². The molecule has 98 valence electrons. The molecule has 0 spiro atoms. The Morgan fingerprint density at radius 1 is 1.44 bits per heavy atom. The highest BCUT2D eigenvalue weighted by Crippen LogP contribution is 2.32. The quantitative estimate of drug-likeness (QED) is 0.789. The monoisotopic (exact) mass is 282 g/mol. The van der Waals surface area contributed by atoms with E-state index in [1.54, 1.807) is 0 Å². The lowest BCUT2D eigenvalue weighted by Gasteiger charge is -2.12. The summed E-state index contributed by atoms with van der Waals surface area (Å²) in [6.45, 7) is 0. The standard InChI is InChI=1S/C7H5F3N4O3S/c8-7(9,10)17-6-5(18(13,15)16)4(12)3(1-11)2-14-6/h2H,(H2,12,14)(H2,13,15,16). The smallest absolute Gasteiger partial charge is 0.396 e. The van der Waals surface area contributed by atoms with Gasteiger partial charge in [0.2, 0.25) is 15.9 Å². The van der Waals surface area contributed by atoms with E-state index in [0.29, 0.717) is 6.20 Å². The Hall–Kier alpha value is -2.06. The molecule has 0 atom stereocenters. The van der Waals surface area contributed by atoms with E-state index in [9.17, 15) is 21.6 Å². The van der Waals surface area contributed by atoms with E-state index in [-0.39, 0.29) is 0 Å². The first-order chi connectivity index (χ1) is 8.06.